The molecule has 0 saturated heterocycles. The Balaban J connectivity index is 2.53. The normalized spacial score (nSPS) is 9.21. The van der Waals surface area contributed by atoms with Crippen molar-refractivity contribution in [3.63, 3.8) is 0 Å². The Morgan fingerprint density at radius 3 is 3.07 bits per heavy atom. The van der Waals surface area contributed by atoms with E-state index in [0.717, 1.165) is 0 Å². The van der Waals surface area contributed by atoms with E-state index in [1.165, 1.54) is 18.0 Å². The van der Waals surface area contributed by atoms with Gasteiger partial charge in [-0.05, 0) is 4.92 Å². The van der Waals surface area contributed by atoms with Gasteiger partial charge in [-0.15, -0.1) is 0 Å². The number of aromatic nitrogens is 3. The van der Waals surface area contributed by atoms with Gasteiger partial charge < -0.3 is 14.9 Å². The Bertz CT molecular complexity index is 376. The minimum Gasteiger partial charge on any atom is -0.372 e. The number of ether oxygens (including phenoxy) is 1. The van der Waals surface area contributed by atoms with E-state index in [-0.39, 0.29) is 12.4 Å². The molecule has 1 rings (SSSR count). The van der Waals surface area contributed by atoms with Gasteiger partial charge in [-0.1, -0.05) is 11.8 Å². The first kappa shape index (κ1) is 10.1. The number of methoxy groups -OCH3 is 1. The Hall–Kier alpha value is -1.94. The Morgan fingerprint density at radius 2 is 2.50 bits per heavy atom. The highest BCUT2D eigenvalue weighted by Crippen LogP contribution is 2.01. The number of nitrogens with zero attached hydrogens (tertiary/aromatic N) is 4. The molecule has 0 atom stereocenters. The highest BCUT2D eigenvalue weighted by Gasteiger charge is 2.10. The first-order valence-corrected chi connectivity index (χ1v) is 3.73. The van der Waals surface area contributed by atoms with Crippen molar-refractivity contribution < 1.29 is 9.66 Å². The predicted octanol–water partition coefficient (Wildman–Crippen LogP) is -0.164. The van der Waals surface area contributed by atoms with E-state index in [1.807, 2.05) is 0 Å². The summed E-state index contributed by atoms with van der Waals surface area (Å²) >= 11 is 0. The zero-order valence-corrected chi connectivity index (χ0v) is 7.51. The number of hydrogen-bond donors (Lipinski definition) is 0. The smallest absolute Gasteiger partial charge is 0.372 e. The van der Waals surface area contributed by atoms with Crippen molar-refractivity contribution in [3.05, 3.63) is 16.3 Å². The van der Waals surface area contributed by atoms with Gasteiger partial charge in [-0.3, -0.25) is 0 Å². The quantitative estimate of drug-likeness (QED) is 0.381. The SMILES string of the molecule is COCC#CCn1cc([N+](=O)[O-])nn1. The Kier molecular flexibility index (Phi) is 3.58. The van der Waals surface area contributed by atoms with Gasteiger partial charge in [-0.2, -0.15) is 0 Å². The molecule has 0 fully saturated rings. The summed E-state index contributed by atoms with van der Waals surface area (Å²) in [4.78, 5) is 9.62. The molecule has 1 aromatic heterocycles. The first-order valence-electron chi connectivity index (χ1n) is 3.73. The molecule has 74 valence electrons. The second kappa shape index (κ2) is 4.94. The molecule has 1 aromatic rings. The van der Waals surface area contributed by atoms with Gasteiger partial charge in [0.1, 0.15) is 24.4 Å². The van der Waals surface area contributed by atoms with Crippen molar-refractivity contribution in [2.75, 3.05) is 13.7 Å². The van der Waals surface area contributed by atoms with Crippen LogP contribution in [-0.4, -0.2) is 33.6 Å². The predicted molar refractivity (Wildman–Crippen MR) is 46.3 cm³/mol. The fourth-order valence-corrected chi connectivity index (χ4v) is 0.709. The molecule has 0 spiro atoms. The third-order valence-electron chi connectivity index (χ3n) is 1.30. The summed E-state index contributed by atoms with van der Waals surface area (Å²) in [5.41, 5.74) is 0. The maximum atomic E-state index is 10.2. The van der Waals surface area contributed by atoms with Crippen molar-refractivity contribution in [1.29, 1.82) is 0 Å². The zero-order chi connectivity index (χ0) is 10.4. The molecule has 0 saturated carbocycles. The van der Waals surface area contributed by atoms with E-state index in [9.17, 15) is 10.1 Å². The van der Waals surface area contributed by atoms with Crippen LogP contribution in [0.15, 0.2) is 6.20 Å². The summed E-state index contributed by atoms with van der Waals surface area (Å²) in [6, 6.07) is 0. The van der Waals surface area contributed by atoms with E-state index in [2.05, 4.69) is 22.2 Å². The van der Waals surface area contributed by atoms with E-state index < -0.39 is 4.92 Å². The highest BCUT2D eigenvalue weighted by atomic mass is 16.6. The Morgan fingerprint density at radius 1 is 1.71 bits per heavy atom. The minimum atomic E-state index is -0.605. The van der Waals surface area contributed by atoms with E-state index >= 15 is 0 Å². The van der Waals surface area contributed by atoms with Crippen LogP contribution >= 0.6 is 0 Å². The van der Waals surface area contributed by atoms with Crippen LogP contribution in [0.1, 0.15) is 0 Å². The molecule has 14 heavy (non-hydrogen) atoms. The Labute approximate surface area is 79.8 Å². The number of nitro groups is 1. The van der Waals surface area contributed by atoms with Crippen LogP contribution in [0.25, 0.3) is 0 Å². The molecule has 0 N–H and O–H groups in total. The summed E-state index contributed by atoms with van der Waals surface area (Å²) < 4.78 is 5.99. The van der Waals surface area contributed by atoms with Gasteiger partial charge in [0.05, 0.1) is 5.21 Å². The molecular formula is C7H8N4O3. The van der Waals surface area contributed by atoms with Crippen LogP contribution in [0.5, 0.6) is 0 Å². The van der Waals surface area contributed by atoms with Crippen LogP contribution in [0.3, 0.4) is 0 Å². The summed E-state index contributed by atoms with van der Waals surface area (Å²) in [6.45, 7) is 0.598. The second-order valence-electron chi connectivity index (χ2n) is 2.32. The molecule has 0 aliphatic carbocycles. The lowest BCUT2D eigenvalue weighted by Crippen LogP contribution is -1.96. The molecule has 0 unspecified atom stereocenters. The molecular weight excluding hydrogens is 188 g/mol. The van der Waals surface area contributed by atoms with Crippen molar-refractivity contribution >= 4 is 5.82 Å². The maximum Gasteiger partial charge on any atom is 0.410 e. The van der Waals surface area contributed by atoms with Gasteiger partial charge in [0.15, 0.2) is 0 Å². The maximum absolute atomic E-state index is 10.2. The molecule has 0 amide bonds. The summed E-state index contributed by atoms with van der Waals surface area (Å²) in [5.74, 6) is 5.13. The van der Waals surface area contributed by atoms with Crippen LogP contribution in [-0.2, 0) is 11.3 Å². The average Bonchev–Trinajstić information content (AvgIpc) is 2.61. The van der Waals surface area contributed by atoms with Crippen molar-refractivity contribution in [2.45, 2.75) is 6.54 Å². The molecule has 0 aromatic carbocycles. The summed E-state index contributed by atoms with van der Waals surface area (Å²) in [6.07, 6.45) is 1.22. The standard InChI is InChI=1S/C7H8N4O3/c1-14-5-3-2-4-10-6-7(8-9-10)11(12)13/h6H,4-5H2,1H3. The van der Waals surface area contributed by atoms with Gasteiger partial charge in [0.2, 0.25) is 0 Å². The van der Waals surface area contributed by atoms with Gasteiger partial charge in [-0.25, -0.2) is 4.68 Å². The fraction of sp³-hybridized carbons (Fsp3) is 0.429. The van der Waals surface area contributed by atoms with Gasteiger partial charge >= 0.3 is 5.82 Å². The van der Waals surface area contributed by atoms with Gasteiger partial charge in [0, 0.05) is 7.11 Å². The van der Waals surface area contributed by atoms with Crippen molar-refractivity contribution in [2.24, 2.45) is 0 Å². The zero-order valence-electron chi connectivity index (χ0n) is 7.51. The lowest BCUT2D eigenvalue weighted by atomic mass is 10.6. The number of rotatable bonds is 3. The van der Waals surface area contributed by atoms with Crippen LogP contribution in [0.4, 0.5) is 5.82 Å². The van der Waals surface area contributed by atoms with E-state index in [1.54, 1.807) is 0 Å². The fourth-order valence-electron chi connectivity index (χ4n) is 0.709. The molecule has 1 heterocycles. The van der Waals surface area contributed by atoms with Crippen molar-refractivity contribution in [1.82, 2.24) is 15.0 Å². The lowest BCUT2D eigenvalue weighted by molar-refractivity contribution is -0.389. The topological polar surface area (TPSA) is 83.1 Å². The van der Waals surface area contributed by atoms with Crippen LogP contribution in [0.2, 0.25) is 0 Å². The van der Waals surface area contributed by atoms with Crippen LogP contribution < -0.4 is 0 Å². The molecule has 7 nitrogen and oxygen atoms in total. The summed E-state index contributed by atoms with van der Waals surface area (Å²) in [7, 11) is 1.54. The van der Waals surface area contributed by atoms with Crippen LogP contribution in [0, 0.1) is 22.0 Å². The number of hydrogen-bond acceptors (Lipinski definition) is 5. The van der Waals surface area contributed by atoms with E-state index in [0.29, 0.717) is 6.61 Å². The molecule has 0 aliphatic rings. The third-order valence-corrected chi connectivity index (χ3v) is 1.30. The second-order valence-corrected chi connectivity index (χ2v) is 2.32. The molecule has 0 radical (unpaired) electrons. The average molecular weight is 196 g/mol. The highest BCUT2D eigenvalue weighted by molar-refractivity contribution is 5.10. The third kappa shape index (κ3) is 2.84. The minimum absolute atomic E-state index is 0.268. The van der Waals surface area contributed by atoms with E-state index in [4.69, 9.17) is 4.74 Å². The first-order chi connectivity index (χ1) is 6.74. The lowest BCUT2D eigenvalue weighted by Gasteiger charge is -1.86. The molecule has 7 heteroatoms. The monoisotopic (exact) mass is 196 g/mol. The molecule has 0 aliphatic heterocycles. The summed E-state index contributed by atoms with van der Waals surface area (Å²) in [5, 5.41) is 17.1. The molecule has 0 bridgehead atoms. The largest absolute Gasteiger partial charge is 0.410 e. The van der Waals surface area contributed by atoms with Gasteiger partial charge in [0.25, 0.3) is 0 Å². The van der Waals surface area contributed by atoms with Crippen molar-refractivity contribution in [3.8, 4) is 11.8 Å².